The third-order valence-corrected chi connectivity index (χ3v) is 9.30. The van der Waals surface area contributed by atoms with E-state index < -0.39 is 0 Å². The van der Waals surface area contributed by atoms with Gasteiger partial charge in [-0.3, -0.25) is 0 Å². The van der Waals surface area contributed by atoms with Gasteiger partial charge in [-0.05, 0) is 59.7 Å². The first-order valence-corrected chi connectivity index (χ1v) is 15.4. The van der Waals surface area contributed by atoms with Crippen molar-refractivity contribution in [3.63, 3.8) is 0 Å². The quantitative estimate of drug-likeness (QED) is 0.206. The summed E-state index contributed by atoms with van der Waals surface area (Å²) in [4.78, 5) is 0. The Balaban J connectivity index is 1.31. The van der Waals surface area contributed by atoms with Gasteiger partial charge in [-0.2, -0.15) is 0 Å². The average Bonchev–Trinajstić information content (AvgIpc) is 3.75. The van der Waals surface area contributed by atoms with E-state index in [1.165, 1.54) is 43.7 Å². The van der Waals surface area contributed by atoms with Crippen LogP contribution in [-0.2, 0) is 0 Å². The average molecular weight is 575 g/mol. The highest BCUT2D eigenvalue weighted by molar-refractivity contribution is 6.19. The lowest BCUT2D eigenvalue weighted by atomic mass is 10.1. The monoisotopic (exact) mass is 574 g/mol. The molecule has 10 rings (SSSR count). The summed E-state index contributed by atoms with van der Waals surface area (Å²) in [6, 6.07) is 56.5. The molecule has 0 spiro atoms. The van der Waals surface area contributed by atoms with Crippen molar-refractivity contribution in [2.24, 2.45) is 0 Å². The fourth-order valence-corrected chi connectivity index (χ4v) is 7.33. The van der Waals surface area contributed by atoms with Gasteiger partial charge in [0.25, 0.3) is 0 Å². The molecule has 0 aliphatic rings. The maximum Gasteiger partial charge on any atom is 0.159 e. The molecule has 210 valence electrons. The normalized spacial score (nSPS) is 12.0. The van der Waals surface area contributed by atoms with Gasteiger partial charge in [0.15, 0.2) is 5.58 Å². The largest absolute Gasteiger partial charge is 0.454 e. The molecule has 7 aromatic carbocycles. The van der Waals surface area contributed by atoms with Gasteiger partial charge in [0.05, 0.1) is 27.8 Å². The van der Waals surface area contributed by atoms with Crippen molar-refractivity contribution in [1.82, 2.24) is 9.13 Å². The number of hydrogen-bond acceptors (Lipinski definition) is 1. The van der Waals surface area contributed by atoms with Crippen molar-refractivity contribution in [2.75, 3.05) is 0 Å². The van der Waals surface area contributed by atoms with E-state index in [1.54, 1.807) is 0 Å². The highest BCUT2D eigenvalue weighted by Crippen LogP contribution is 2.42. The minimum absolute atomic E-state index is 0.904. The van der Waals surface area contributed by atoms with Crippen molar-refractivity contribution in [3.8, 4) is 22.5 Å². The lowest BCUT2D eigenvalue weighted by molar-refractivity contribution is 0.666. The van der Waals surface area contributed by atoms with Crippen LogP contribution in [0.4, 0.5) is 0 Å². The van der Waals surface area contributed by atoms with Crippen LogP contribution in [0.5, 0.6) is 0 Å². The number of nitrogens with zero attached hydrogens (tertiary/aromatic N) is 2. The van der Waals surface area contributed by atoms with Crippen LogP contribution in [0.3, 0.4) is 0 Å². The van der Waals surface area contributed by atoms with Gasteiger partial charge in [-0.25, -0.2) is 0 Å². The Morgan fingerprint density at radius 2 is 0.933 bits per heavy atom. The van der Waals surface area contributed by atoms with Crippen LogP contribution in [0.2, 0.25) is 0 Å². The summed E-state index contributed by atoms with van der Waals surface area (Å²) >= 11 is 0. The van der Waals surface area contributed by atoms with Gasteiger partial charge in [-0.1, -0.05) is 109 Å². The number of fused-ring (bicyclic) bond motifs is 9. The van der Waals surface area contributed by atoms with Gasteiger partial charge in [0.1, 0.15) is 5.58 Å². The summed E-state index contributed by atoms with van der Waals surface area (Å²) in [5.41, 5.74) is 11.1. The van der Waals surface area contributed by atoms with Crippen LogP contribution in [-0.4, -0.2) is 9.13 Å². The Kier molecular flexibility index (Phi) is 5.00. The number of benzene rings is 7. The second-order valence-electron chi connectivity index (χ2n) is 11.8. The van der Waals surface area contributed by atoms with E-state index in [1.807, 2.05) is 6.07 Å². The zero-order valence-corrected chi connectivity index (χ0v) is 24.3. The predicted molar refractivity (Wildman–Crippen MR) is 188 cm³/mol. The Morgan fingerprint density at radius 3 is 1.71 bits per heavy atom. The summed E-state index contributed by atoms with van der Waals surface area (Å²) in [7, 11) is 0. The zero-order chi connectivity index (χ0) is 29.5. The number of para-hydroxylation sites is 4. The second-order valence-corrected chi connectivity index (χ2v) is 11.8. The third-order valence-electron chi connectivity index (χ3n) is 9.30. The first-order valence-electron chi connectivity index (χ1n) is 15.4. The molecule has 45 heavy (non-hydrogen) atoms. The van der Waals surface area contributed by atoms with Gasteiger partial charge >= 0.3 is 0 Å². The smallest absolute Gasteiger partial charge is 0.159 e. The Labute approximate surface area is 258 Å². The fraction of sp³-hybridized carbons (Fsp3) is 0. The molecule has 0 atom stereocenters. The van der Waals surface area contributed by atoms with Crippen molar-refractivity contribution in [2.45, 2.75) is 0 Å². The summed E-state index contributed by atoms with van der Waals surface area (Å²) in [5.74, 6) is 0. The molecular formula is C42H26N2O. The molecule has 0 aliphatic heterocycles. The van der Waals surface area contributed by atoms with Crippen molar-refractivity contribution >= 4 is 65.6 Å². The van der Waals surface area contributed by atoms with Crippen LogP contribution in [0.25, 0.3) is 88.1 Å². The van der Waals surface area contributed by atoms with Crippen LogP contribution in [0.1, 0.15) is 0 Å². The minimum atomic E-state index is 0.904. The molecule has 0 unspecified atom stereocenters. The maximum absolute atomic E-state index is 6.55. The van der Waals surface area contributed by atoms with E-state index in [2.05, 4.69) is 161 Å². The van der Waals surface area contributed by atoms with Gasteiger partial charge in [0, 0.05) is 38.0 Å². The second kappa shape index (κ2) is 9.22. The van der Waals surface area contributed by atoms with E-state index in [0.29, 0.717) is 0 Å². The molecule has 0 radical (unpaired) electrons. The van der Waals surface area contributed by atoms with Gasteiger partial charge < -0.3 is 13.6 Å². The molecule has 3 nitrogen and oxygen atoms in total. The molecule has 0 aliphatic carbocycles. The fourth-order valence-electron chi connectivity index (χ4n) is 7.33. The van der Waals surface area contributed by atoms with Crippen LogP contribution < -0.4 is 0 Å². The van der Waals surface area contributed by atoms with E-state index in [9.17, 15) is 0 Å². The van der Waals surface area contributed by atoms with Crippen molar-refractivity contribution < 1.29 is 4.42 Å². The molecule has 0 amide bonds. The number of hydrogen-bond donors (Lipinski definition) is 0. The van der Waals surface area contributed by atoms with E-state index in [0.717, 1.165) is 44.3 Å². The van der Waals surface area contributed by atoms with Crippen molar-refractivity contribution in [1.29, 1.82) is 0 Å². The molecule has 10 aromatic rings. The Bertz CT molecular complexity index is 2760. The first kappa shape index (κ1) is 24.4. The maximum atomic E-state index is 6.55. The SMILES string of the molecule is c1ccc(-c2cccc(-n3c4ccccc4c4cc5c(cc43)c3ccccc3n5-c3cccc4c3oc3ccccc34)c2)cc1. The van der Waals surface area contributed by atoms with E-state index in [4.69, 9.17) is 4.42 Å². The zero-order valence-electron chi connectivity index (χ0n) is 24.3. The molecule has 3 heterocycles. The number of rotatable bonds is 3. The number of furan rings is 1. The molecule has 3 heteroatoms. The van der Waals surface area contributed by atoms with Gasteiger partial charge in [-0.15, -0.1) is 0 Å². The lowest BCUT2D eigenvalue weighted by Crippen LogP contribution is -1.95. The number of aromatic nitrogens is 2. The molecule has 0 saturated heterocycles. The Hall–Kier alpha value is -6.06. The molecule has 0 N–H and O–H groups in total. The highest BCUT2D eigenvalue weighted by atomic mass is 16.3. The standard InChI is InChI=1S/C42H26N2O/c1-2-12-27(13-3-1)28-14-10-15-29(24-28)43-36-20-7-4-16-30(36)34-26-40-35(25-39(34)43)31-17-5-8-21-37(31)44(40)38-22-11-19-33-32-18-6-9-23-41(32)45-42(33)38/h1-26H. The molecule has 3 aromatic heterocycles. The lowest BCUT2D eigenvalue weighted by Gasteiger charge is -2.11. The van der Waals surface area contributed by atoms with E-state index in [-0.39, 0.29) is 0 Å². The van der Waals surface area contributed by atoms with Crippen LogP contribution in [0, 0.1) is 0 Å². The summed E-state index contributed by atoms with van der Waals surface area (Å²) in [6.45, 7) is 0. The summed E-state index contributed by atoms with van der Waals surface area (Å²) in [5, 5.41) is 7.16. The summed E-state index contributed by atoms with van der Waals surface area (Å²) < 4.78 is 11.4. The van der Waals surface area contributed by atoms with Gasteiger partial charge in [0.2, 0.25) is 0 Å². The predicted octanol–water partition coefficient (Wildman–Crippen LogP) is 11.4. The minimum Gasteiger partial charge on any atom is -0.454 e. The van der Waals surface area contributed by atoms with Crippen molar-refractivity contribution in [3.05, 3.63) is 158 Å². The first-order chi connectivity index (χ1) is 22.3. The third kappa shape index (κ3) is 3.46. The molecule has 0 saturated carbocycles. The molecule has 0 fully saturated rings. The molecule has 0 bridgehead atoms. The summed E-state index contributed by atoms with van der Waals surface area (Å²) in [6.07, 6.45) is 0. The topological polar surface area (TPSA) is 23.0 Å². The Morgan fingerprint density at radius 1 is 0.356 bits per heavy atom. The van der Waals surface area contributed by atoms with E-state index >= 15 is 0 Å². The highest BCUT2D eigenvalue weighted by Gasteiger charge is 2.20. The van der Waals surface area contributed by atoms with Crippen LogP contribution >= 0.6 is 0 Å². The molecular weight excluding hydrogens is 548 g/mol. The van der Waals surface area contributed by atoms with Crippen LogP contribution in [0.15, 0.2) is 162 Å².